The summed E-state index contributed by atoms with van der Waals surface area (Å²) < 4.78 is 11.0. The van der Waals surface area contributed by atoms with Gasteiger partial charge in [0.15, 0.2) is 6.10 Å². The molecule has 1 aliphatic rings. The van der Waals surface area contributed by atoms with Crippen LogP contribution >= 0.6 is 0 Å². The van der Waals surface area contributed by atoms with Crippen LogP contribution in [0.15, 0.2) is 48.5 Å². The first-order valence-electron chi connectivity index (χ1n) is 9.81. The monoisotopic (exact) mass is 384 g/mol. The highest BCUT2D eigenvalue weighted by molar-refractivity contribution is 5.72. The molecule has 2 N–H and O–H groups in total. The topological polar surface area (TPSA) is 71.0 Å². The highest BCUT2D eigenvalue weighted by Gasteiger charge is 2.18. The predicted molar refractivity (Wildman–Crippen MR) is 110 cm³/mol. The Kier molecular flexibility index (Phi) is 7.14. The zero-order chi connectivity index (χ0) is 19.8. The molecule has 1 heterocycles. The Morgan fingerprint density at radius 1 is 1.25 bits per heavy atom. The van der Waals surface area contributed by atoms with Gasteiger partial charge in [-0.1, -0.05) is 24.3 Å². The number of carbonyl (C=O) groups is 1. The molecule has 6 nitrogen and oxygen atoms in total. The fourth-order valence-corrected chi connectivity index (χ4v) is 3.35. The normalized spacial score (nSPS) is 14.1. The summed E-state index contributed by atoms with van der Waals surface area (Å²) in [5, 5.41) is 12.6. The van der Waals surface area contributed by atoms with E-state index in [4.69, 9.17) is 9.47 Å². The molecule has 0 aliphatic carbocycles. The van der Waals surface area contributed by atoms with Crippen molar-refractivity contribution < 1.29 is 19.4 Å². The lowest BCUT2D eigenvalue weighted by molar-refractivity contribution is -0.149. The number of rotatable bonds is 10. The van der Waals surface area contributed by atoms with E-state index in [-0.39, 0.29) is 0 Å². The van der Waals surface area contributed by atoms with Crippen LogP contribution in [0.25, 0.3) is 0 Å². The molecule has 1 aliphatic heterocycles. The minimum Gasteiger partial charge on any atom is -0.490 e. The highest BCUT2D eigenvalue weighted by atomic mass is 16.5. The van der Waals surface area contributed by atoms with Crippen LogP contribution in [0.2, 0.25) is 0 Å². The van der Waals surface area contributed by atoms with Crippen molar-refractivity contribution in [2.45, 2.75) is 25.9 Å². The summed E-state index contributed by atoms with van der Waals surface area (Å²) in [6, 6.07) is 16.1. The minimum absolute atomic E-state index is 0.375. The van der Waals surface area contributed by atoms with E-state index in [9.17, 15) is 9.90 Å². The Balaban J connectivity index is 1.44. The number of anilines is 2. The number of fused-ring (bicyclic) bond motifs is 1. The molecule has 3 rings (SSSR count). The largest absolute Gasteiger partial charge is 0.490 e. The molecule has 0 aromatic heterocycles. The van der Waals surface area contributed by atoms with Crippen LogP contribution in [-0.2, 0) is 16.0 Å². The summed E-state index contributed by atoms with van der Waals surface area (Å²) in [5.41, 5.74) is 3.16. The molecule has 0 amide bonds. The first kappa shape index (κ1) is 20.0. The molecule has 1 atom stereocenters. The summed E-state index contributed by atoms with van der Waals surface area (Å²) in [4.78, 5) is 13.6. The van der Waals surface area contributed by atoms with Crippen molar-refractivity contribution in [3.05, 3.63) is 54.1 Å². The van der Waals surface area contributed by atoms with Crippen LogP contribution in [0.3, 0.4) is 0 Å². The molecular formula is C22H28N2O4. The van der Waals surface area contributed by atoms with E-state index in [1.54, 1.807) is 6.92 Å². The lowest BCUT2D eigenvalue weighted by Crippen LogP contribution is -2.34. The maximum atomic E-state index is 11.2. The molecule has 28 heavy (non-hydrogen) atoms. The van der Waals surface area contributed by atoms with Gasteiger partial charge in [-0.2, -0.15) is 0 Å². The van der Waals surface area contributed by atoms with E-state index in [0.29, 0.717) is 13.0 Å². The van der Waals surface area contributed by atoms with Gasteiger partial charge in [0.05, 0.1) is 12.2 Å². The lowest BCUT2D eigenvalue weighted by atomic mass is 10.1. The zero-order valence-electron chi connectivity index (χ0n) is 16.3. The number of carboxylic acids is 1. The van der Waals surface area contributed by atoms with Gasteiger partial charge in [0.25, 0.3) is 0 Å². The van der Waals surface area contributed by atoms with Gasteiger partial charge in [0.1, 0.15) is 12.4 Å². The molecule has 0 bridgehead atoms. The zero-order valence-corrected chi connectivity index (χ0v) is 16.3. The van der Waals surface area contributed by atoms with Crippen LogP contribution in [0, 0.1) is 0 Å². The molecule has 0 unspecified atom stereocenters. The molecule has 0 spiro atoms. The van der Waals surface area contributed by atoms with Gasteiger partial charge in [0.2, 0.25) is 0 Å². The van der Waals surface area contributed by atoms with Crippen molar-refractivity contribution in [2.24, 2.45) is 0 Å². The number of para-hydroxylation sites is 2. The molecule has 2 aromatic rings. The van der Waals surface area contributed by atoms with Crippen molar-refractivity contribution in [1.82, 2.24) is 0 Å². The summed E-state index contributed by atoms with van der Waals surface area (Å²) in [7, 11) is 0. The number of nitrogens with one attached hydrogen (secondary N) is 1. The second-order valence-corrected chi connectivity index (χ2v) is 6.77. The Hall–Kier alpha value is -2.73. The van der Waals surface area contributed by atoms with Crippen molar-refractivity contribution in [3.8, 4) is 5.75 Å². The number of nitrogens with zero attached hydrogens (tertiary/aromatic N) is 1. The fraction of sp³-hybridized carbons (Fsp3) is 0.409. The van der Waals surface area contributed by atoms with E-state index >= 15 is 0 Å². The third-order valence-corrected chi connectivity index (χ3v) is 4.78. The first-order valence-corrected chi connectivity index (χ1v) is 9.81. The Morgan fingerprint density at radius 2 is 2.04 bits per heavy atom. The Morgan fingerprint density at radius 3 is 2.79 bits per heavy atom. The third-order valence-electron chi connectivity index (χ3n) is 4.78. The van der Waals surface area contributed by atoms with E-state index in [0.717, 1.165) is 49.7 Å². The van der Waals surface area contributed by atoms with Gasteiger partial charge in [-0.15, -0.1) is 0 Å². The molecule has 6 heteroatoms. The third kappa shape index (κ3) is 5.39. The van der Waals surface area contributed by atoms with Crippen molar-refractivity contribution in [1.29, 1.82) is 0 Å². The summed E-state index contributed by atoms with van der Waals surface area (Å²) in [6.07, 6.45) is 0.599. The second-order valence-electron chi connectivity index (χ2n) is 6.77. The molecule has 0 radical (unpaired) electrons. The molecular weight excluding hydrogens is 356 g/mol. The molecule has 150 valence electrons. The smallest absolute Gasteiger partial charge is 0.333 e. The van der Waals surface area contributed by atoms with Gasteiger partial charge in [0, 0.05) is 31.8 Å². The number of carboxylic acid groups (broad SMARTS) is 1. The maximum absolute atomic E-state index is 11.2. The summed E-state index contributed by atoms with van der Waals surface area (Å²) in [5.74, 6) is 0.0396. The maximum Gasteiger partial charge on any atom is 0.333 e. The van der Waals surface area contributed by atoms with Gasteiger partial charge >= 0.3 is 5.97 Å². The van der Waals surface area contributed by atoms with Crippen molar-refractivity contribution in [2.75, 3.05) is 43.1 Å². The van der Waals surface area contributed by atoms with Crippen LogP contribution in [0.4, 0.5) is 11.4 Å². The lowest BCUT2D eigenvalue weighted by Gasteiger charge is -2.31. The van der Waals surface area contributed by atoms with Crippen LogP contribution in [-0.4, -0.2) is 50.0 Å². The predicted octanol–water partition coefficient (Wildman–Crippen LogP) is 3.42. The van der Waals surface area contributed by atoms with Crippen LogP contribution in [0.1, 0.15) is 18.9 Å². The number of benzene rings is 2. The number of aliphatic carboxylic acids is 1. The molecule has 0 saturated heterocycles. The van der Waals surface area contributed by atoms with Crippen LogP contribution < -0.4 is 15.0 Å². The Labute approximate surface area is 166 Å². The number of ether oxygens (including phenoxy) is 2. The van der Waals surface area contributed by atoms with Gasteiger partial charge in [-0.05, 0) is 43.2 Å². The SMILES string of the molecule is CCO[C@@H](Cc1ccc(NCCCN2CCOc3ccccc32)cc1)C(=O)O. The van der Waals surface area contributed by atoms with E-state index < -0.39 is 12.1 Å². The van der Waals surface area contributed by atoms with E-state index in [1.165, 1.54) is 5.69 Å². The Bertz CT molecular complexity index is 763. The van der Waals surface area contributed by atoms with Gasteiger partial charge in [-0.3, -0.25) is 0 Å². The molecule has 2 aromatic carbocycles. The highest BCUT2D eigenvalue weighted by Crippen LogP contribution is 2.30. The average Bonchev–Trinajstić information content (AvgIpc) is 2.72. The minimum atomic E-state index is -0.922. The standard InChI is InChI=1S/C22H28N2O4/c1-2-27-21(22(25)26)16-17-8-10-18(11-9-17)23-12-5-13-24-14-15-28-20-7-4-3-6-19(20)24/h3-4,6-11,21,23H,2,5,12-16H2,1H3,(H,25,26)/t21-/m0/s1. The summed E-state index contributed by atoms with van der Waals surface area (Å²) >= 11 is 0. The first-order chi connectivity index (χ1) is 13.7. The van der Waals surface area contributed by atoms with Gasteiger partial charge in [-0.25, -0.2) is 4.79 Å². The van der Waals surface area contributed by atoms with E-state index in [1.807, 2.05) is 42.5 Å². The van der Waals surface area contributed by atoms with Gasteiger partial charge < -0.3 is 24.8 Å². The van der Waals surface area contributed by atoms with E-state index in [2.05, 4.69) is 16.3 Å². The molecule has 0 saturated carbocycles. The quantitative estimate of drug-likeness (QED) is 0.612. The fourth-order valence-electron chi connectivity index (χ4n) is 3.35. The number of hydrogen-bond acceptors (Lipinski definition) is 5. The number of hydrogen-bond donors (Lipinski definition) is 2. The summed E-state index contributed by atoms with van der Waals surface area (Å²) in [6.45, 7) is 5.68. The average molecular weight is 384 g/mol. The van der Waals surface area contributed by atoms with Crippen molar-refractivity contribution in [3.63, 3.8) is 0 Å². The van der Waals surface area contributed by atoms with Crippen molar-refractivity contribution >= 4 is 17.3 Å². The van der Waals surface area contributed by atoms with Crippen LogP contribution in [0.5, 0.6) is 5.75 Å². The molecule has 0 fully saturated rings. The second kappa shape index (κ2) is 9.99.